The smallest absolute Gasteiger partial charge is 0.0960 e. The quantitative estimate of drug-likeness (QED) is 0.774. The molecule has 0 aliphatic rings. The van der Waals surface area contributed by atoms with Crippen molar-refractivity contribution in [1.29, 1.82) is 0 Å². The van der Waals surface area contributed by atoms with Crippen LogP contribution in [0.1, 0.15) is 19.9 Å². The molecule has 0 saturated carbocycles. The molecule has 0 fully saturated rings. The van der Waals surface area contributed by atoms with E-state index in [0.29, 0.717) is 6.04 Å². The van der Waals surface area contributed by atoms with E-state index in [1.165, 1.54) is 5.52 Å². The lowest BCUT2D eigenvalue weighted by Gasteiger charge is -2.07. The predicted octanol–water partition coefficient (Wildman–Crippen LogP) is 3.80. The van der Waals surface area contributed by atoms with Crippen LogP contribution in [0.15, 0.2) is 29.0 Å². The fourth-order valence-electron chi connectivity index (χ4n) is 1.42. The highest BCUT2D eigenvalue weighted by Crippen LogP contribution is 2.20. The molecule has 1 heterocycles. The van der Waals surface area contributed by atoms with Crippen molar-refractivity contribution in [2.45, 2.75) is 19.9 Å². The van der Waals surface area contributed by atoms with Gasteiger partial charge in [0, 0.05) is 10.5 Å². The van der Waals surface area contributed by atoms with Gasteiger partial charge in [-0.2, -0.15) is 0 Å². The van der Waals surface area contributed by atoms with E-state index in [1.807, 2.05) is 18.5 Å². The second-order valence-electron chi connectivity index (χ2n) is 3.38. The van der Waals surface area contributed by atoms with Gasteiger partial charge in [-0.15, -0.1) is 12.4 Å². The van der Waals surface area contributed by atoms with Gasteiger partial charge in [0.1, 0.15) is 0 Å². The molecule has 0 aliphatic carbocycles. The highest BCUT2D eigenvalue weighted by Gasteiger charge is 2.04. The fourth-order valence-corrected chi connectivity index (χ4v) is 1.77. The number of halogens is 2. The van der Waals surface area contributed by atoms with Crippen LogP contribution in [0.25, 0.3) is 11.0 Å². The third-order valence-corrected chi connectivity index (χ3v) is 2.59. The van der Waals surface area contributed by atoms with E-state index in [1.54, 1.807) is 0 Å². The molecule has 14 heavy (non-hydrogen) atoms. The lowest BCUT2D eigenvalue weighted by atomic mass is 10.3. The van der Waals surface area contributed by atoms with E-state index in [0.717, 1.165) is 9.99 Å². The molecule has 76 valence electrons. The molecule has 2 rings (SSSR count). The summed E-state index contributed by atoms with van der Waals surface area (Å²) in [5.74, 6) is 0. The normalized spacial score (nSPS) is 10.6. The topological polar surface area (TPSA) is 17.8 Å². The number of aromatic nitrogens is 2. The average molecular weight is 276 g/mol. The molecule has 0 bridgehead atoms. The average Bonchev–Trinajstić information content (AvgIpc) is 2.46. The number of hydrogen-bond donors (Lipinski definition) is 0. The highest BCUT2D eigenvalue weighted by molar-refractivity contribution is 9.10. The maximum absolute atomic E-state index is 4.33. The van der Waals surface area contributed by atoms with E-state index in [9.17, 15) is 0 Å². The molecule has 2 nitrogen and oxygen atoms in total. The molecule has 0 N–H and O–H groups in total. The molecule has 4 heteroatoms. The molecular weight excluding hydrogens is 263 g/mol. The van der Waals surface area contributed by atoms with Gasteiger partial charge in [0.25, 0.3) is 0 Å². The van der Waals surface area contributed by atoms with Crippen LogP contribution in [0, 0.1) is 0 Å². The zero-order valence-corrected chi connectivity index (χ0v) is 10.5. The van der Waals surface area contributed by atoms with Gasteiger partial charge in [0.05, 0.1) is 17.4 Å². The molecule has 1 aromatic carbocycles. The Kier molecular flexibility index (Phi) is 3.56. The van der Waals surface area contributed by atoms with E-state index in [-0.39, 0.29) is 12.4 Å². The summed E-state index contributed by atoms with van der Waals surface area (Å²) in [6.45, 7) is 4.31. The maximum atomic E-state index is 4.33. The second-order valence-corrected chi connectivity index (χ2v) is 4.29. The molecule has 0 radical (unpaired) electrons. The largest absolute Gasteiger partial charge is 0.328 e. The Labute approximate surface area is 97.9 Å². The molecule has 0 atom stereocenters. The number of rotatable bonds is 1. The number of benzene rings is 1. The summed E-state index contributed by atoms with van der Waals surface area (Å²) in [4.78, 5) is 4.33. The van der Waals surface area contributed by atoms with Gasteiger partial charge in [-0.1, -0.05) is 15.9 Å². The van der Waals surface area contributed by atoms with E-state index in [4.69, 9.17) is 0 Å². The van der Waals surface area contributed by atoms with Gasteiger partial charge in [-0.3, -0.25) is 0 Å². The highest BCUT2D eigenvalue weighted by atomic mass is 79.9. The van der Waals surface area contributed by atoms with E-state index >= 15 is 0 Å². The monoisotopic (exact) mass is 274 g/mol. The van der Waals surface area contributed by atoms with Crippen molar-refractivity contribution in [3.63, 3.8) is 0 Å². The minimum atomic E-state index is 0. The van der Waals surface area contributed by atoms with Crippen molar-refractivity contribution in [2.24, 2.45) is 0 Å². The van der Waals surface area contributed by atoms with Gasteiger partial charge in [-0.05, 0) is 32.0 Å². The van der Waals surface area contributed by atoms with Gasteiger partial charge in [-0.25, -0.2) is 4.98 Å². The van der Waals surface area contributed by atoms with Gasteiger partial charge >= 0.3 is 0 Å². The number of fused-ring (bicyclic) bond motifs is 1. The minimum absolute atomic E-state index is 0. The number of hydrogen-bond acceptors (Lipinski definition) is 1. The van der Waals surface area contributed by atoms with Crippen molar-refractivity contribution >= 4 is 39.4 Å². The van der Waals surface area contributed by atoms with Gasteiger partial charge < -0.3 is 4.57 Å². The van der Waals surface area contributed by atoms with Crippen LogP contribution in [0.3, 0.4) is 0 Å². The van der Waals surface area contributed by atoms with Crippen molar-refractivity contribution in [3.8, 4) is 0 Å². The molecule has 1 aromatic heterocycles. The van der Waals surface area contributed by atoms with Crippen LogP contribution in [0.4, 0.5) is 0 Å². The molecular formula is C10H12BrClN2. The van der Waals surface area contributed by atoms with Crippen LogP contribution >= 0.6 is 28.3 Å². The lowest BCUT2D eigenvalue weighted by Crippen LogP contribution is -1.97. The van der Waals surface area contributed by atoms with Crippen molar-refractivity contribution in [3.05, 3.63) is 29.0 Å². The Morgan fingerprint density at radius 1 is 1.36 bits per heavy atom. The van der Waals surface area contributed by atoms with E-state index < -0.39 is 0 Å². The summed E-state index contributed by atoms with van der Waals surface area (Å²) in [7, 11) is 0. The molecule has 0 saturated heterocycles. The van der Waals surface area contributed by atoms with Crippen LogP contribution in [-0.4, -0.2) is 9.55 Å². The van der Waals surface area contributed by atoms with Crippen molar-refractivity contribution in [2.75, 3.05) is 0 Å². The van der Waals surface area contributed by atoms with Gasteiger partial charge in [0.2, 0.25) is 0 Å². The first-order valence-corrected chi connectivity index (χ1v) is 5.10. The summed E-state index contributed by atoms with van der Waals surface area (Å²) >= 11 is 3.43. The van der Waals surface area contributed by atoms with Crippen LogP contribution < -0.4 is 0 Å². The number of imidazole rings is 1. The van der Waals surface area contributed by atoms with Crippen molar-refractivity contribution in [1.82, 2.24) is 9.55 Å². The summed E-state index contributed by atoms with van der Waals surface area (Å²) in [5, 5.41) is 0. The summed E-state index contributed by atoms with van der Waals surface area (Å²) in [6, 6.07) is 6.63. The maximum Gasteiger partial charge on any atom is 0.0960 e. The zero-order valence-electron chi connectivity index (χ0n) is 8.07. The Balaban J connectivity index is 0.000000980. The van der Waals surface area contributed by atoms with Crippen LogP contribution in [0.2, 0.25) is 0 Å². The zero-order chi connectivity index (χ0) is 9.42. The Morgan fingerprint density at radius 2 is 2.07 bits per heavy atom. The van der Waals surface area contributed by atoms with Crippen molar-refractivity contribution < 1.29 is 0 Å². The molecule has 0 spiro atoms. The number of nitrogens with zero attached hydrogens (tertiary/aromatic N) is 2. The summed E-state index contributed by atoms with van der Waals surface area (Å²) < 4.78 is 3.25. The lowest BCUT2D eigenvalue weighted by molar-refractivity contribution is 0.617. The third-order valence-electron chi connectivity index (χ3n) is 2.09. The second kappa shape index (κ2) is 4.32. The SMILES string of the molecule is CC(C)n1cnc2cc(Br)ccc21.Cl. The first-order chi connectivity index (χ1) is 6.18. The minimum Gasteiger partial charge on any atom is -0.328 e. The first kappa shape index (κ1) is 11.5. The molecule has 0 aliphatic heterocycles. The summed E-state index contributed by atoms with van der Waals surface area (Å²) in [6.07, 6.45) is 1.89. The van der Waals surface area contributed by atoms with Crippen LogP contribution in [-0.2, 0) is 0 Å². The third kappa shape index (κ3) is 1.93. The molecule has 0 unspecified atom stereocenters. The summed E-state index contributed by atoms with van der Waals surface area (Å²) in [5.41, 5.74) is 2.24. The van der Waals surface area contributed by atoms with E-state index in [2.05, 4.69) is 45.4 Å². The fraction of sp³-hybridized carbons (Fsp3) is 0.300. The molecule has 0 amide bonds. The first-order valence-electron chi connectivity index (χ1n) is 4.30. The molecule has 2 aromatic rings. The Bertz CT molecular complexity index is 437. The Morgan fingerprint density at radius 3 is 2.71 bits per heavy atom. The van der Waals surface area contributed by atoms with Crippen LogP contribution in [0.5, 0.6) is 0 Å². The Hall–Kier alpha value is -0.540. The standard InChI is InChI=1S/C10H11BrN2.ClH/c1-7(2)13-6-12-9-5-8(11)3-4-10(9)13;/h3-7H,1-2H3;1H. The van der Waals surface area contributed by atoms with Gasteiger partial charge in [0.15, 0.2) is 0 Å². The predicted molar refractivity (Wildman–Crippen MR) is 65.1 cm³/mol.